The molecule has 0 unspecified atom stereocenters. The van der Waals surface area contributed by atoms with E-state index in [0.29, 0.717) is 25.8 Å². The van der Waals surface area contributed by atoms with Crippen LogP contribution in [-0.4, -0.2) is 63.2 Å². The Morgan fingerprint density at radius 2 is 1.71 bits per heavy atom. The number of rotatable bonds is 12. The zero-order valence-electron chi connectivity index (χ0n) is 15.0. The summed E-state index contributed by atoms with van der Waals surface area (Å²) in [6.07, 6.45) is 2.23. The van der Waals surface area contributed by atoms with Gasteiger partial charge in [-0.05, 0) is 25.7 Å². The Kier molecular flexibility index (Phi) is 9.86. The fourth-order valence-electron chi connectivity index (χ4n) is 2.11. The Morgan fingerprint density at radius 3 is 2.32 bits per heavy atom. The molecule has 0 spiro atoms. The summed E-state index contributed by atoms with van der Waals surface area (Å²) in [6, 6.07) is -1.05. The van der Waals surface area contributed by atoms with Gasteiger partial charge < -0.3 is 26.2 Å². The number of hydrogen-bond donors (Lipinski definition) is 5. The molecule has 1 rings (SSSR count). The minimum Gasteiger partial charge on any atom is -0.481 e. The highest BCUT2D eigenvalue weighted by atomic mass is 18.2. The quantitative estimate of drug-likeness (QED) is 0.244. The maximum absolute atomic E-state index is 12.9. The lowest BCUT2D eigenvalue weighted by Gasteiger charge is -2.14. The third-order valence-corrected chi connectivity index (χ3v) is 3.54. The van der Waals surface area contributed by atoms with Crippen LogP contribution in [0.4, 0.5) is 9.18 Å². The number of urea groups is 1. The van der Waals surface area contributed by atoms with E-state index in [-0.39, 0.29) is 25.1 Å². The van der Waals surface area contributed by atoms with Gasteiger partial charge in [0.05, 0.1) is 0 Å². The summed E-state index contributed by atoms with van der Waals surface area (Å²) < 4.78 is 12.9. The predicted octanol–water partition coefficient (Wildman–Crippen LogP) is 0.133. The first-order valence-corrected chi connectivity index (χ1v) is 8.54. The van der Waals surface area contributed by atoms with Crippen LogP contribution in [0.15, 0.2) is 12.4 Å². The third-order valence-electron chi connectivity index (χ3n) is 3.54. The number of halogens is 1. The number of carbonyl (C=O) groups excluding carboxylic acids is 2. The summed E-state index contributed by atoms with van der Waals surface area (Å²) in [4.78, 5) is 51.7. The first kappa shape index (κ1) is 22.7. The van der Waals surface area contributed by atoms with Gasteiger partial charge in [-0.3, -0.25) is 9.59 Å². The highest BCUT2D eigenvalue weighted by Gasteiger charge is 2.20. The van der Waals surface area contributed by atoms with Crippen LogP contribution in [0.2, 0.25) is 0 Å². The van der Waals surface area contributed by atoms with Crippen molar-refractivity contribution in [1.82, 2.24) is 25.9 Å². The lowest BCUT2D eigenvalue weighted by Crippen LogP contribution is -2.46. The molecular weight excluding hydrogens is 376 g/mol. The number of carbonyl (C=O) groups is 4. The van der Waals surface area contributed by atoms with Gasteiger partial charge in [0.2, 0.25) is 5.95 Å². The van der Waals surface area contributed by atoms with Crippen molar-refractivity contribution in [2.45, 2.75) is 38.1 Å². The van der Waals surface area contributed by atoms with Crippen molar-refractivity contribution in [1.29, 1.82) is 0 Å². The summed E-state index contributed by atoms with van der Waals surface area (Å²) in [7, 11) is 0. The molecular formula is C16H22FN5O6. The molecule has 12 heteroatoms. The van der Waals surface area contributed by atoms with Crippen molar-refractivity contribution in [3.05, 3.63) is 24.0 Å². The van der Waals surface area contributed by atoms with E-state index in [9.17, 15) is 23.6 Å². The first-order chi connectivity index (χ1) is 13.3. The Bertz CT molecular complexity index is 702. The number of carboxylic acids is 2. The topological polar surface area (TPSA) is 171 Å². The second kappa shape index (κ2) is 12.1. The van der Waals surface area contributed by atoms with Gasteiger partial charge in [-0.1, -0.05) is 0 Å². The molecule has 0 saturated carbocycles. The van der Waals surface area contributed by atoms with Crippen molar-refractivity contribution in [2.75, 3.05) is 13.1 Å². The zero-order valence-corrected chi connectivity index (χ0v) is 15.0. The zero-order chi connectivity index (χ0) is 20.9. The van der Waals surface area contributed by atoms with Gasteiger partial charge in [0, 0.05) is 25.6 Å². The van der Waals surface area contributed by atoms with Crippen molar-refractivity contribution in [3.63, 3.8) is 0 Å². The Balaban J connectivity index is 2.14. The molecule has 28 heavy (non-hydrogen) atoms. The van der Waals surface area contributed by atoms with Crippen LogP contribution in [0.3, 0.4) is 0 Å². The highest BCUT2D eigenvalue weighted by molar-refractivity contribution is 5.92. The number of carboxylic acid groups (broad SMARTS) is 2. The lowest BCUT2D eigenvalue weighted by atomic mass is 10.1. The predicted molar refractivity (Wildman–Crippen MR) is 93.0 cm³/mol. The smallest absolute Gasteiger partial charge is 0.326 e. The minimum absolute atomic E-state index is 0.0679. The molecule has 0 fully saturated rings. The van der Waals surface area contributed by atoms with E-state index >= 15 is 0 Å². The molecule has 1 atom stereocenters. The van der Waals surface area contributed by atoms with Gasteiger partial charge in [-0.15, -0.1) is 0 Å². The van der Waals surface area contributed by atoms with Gasteiger partial charge in [0.1, 0.15) is 18.1 Å². The van der Waals surface area contributed by atoms with Crippen LogP contribution in [0, 0.1) is 5.95 Å². The van der Waals surface area contributed by atoms with Crippen LogP contribution in [0.1, 0.15) is 42.6 Å². The average molecular weight is 398 g/mol. The van der Waals surface area contributed by atoms with Gasteiger partial charge in [0.25, 0.3) is 5.91 Å². The summed E-state index contributed by atoms with van der Waals surface area (Å²) in [5, 5.41) is 24.8. The second-order valence-electron chi connectivity index (χ2n) is 5.77. The summed E-state index contributed by atoms with van der Waals surface area (Å²) >= 11 is 0. The number of nitrogens with one attached hydrogen (secondary N) is 3. The van der Waals surface area contributed by atoms with Crippen molar-refractivity contribution in [2.24, 2.45) is 0 Å². The second-order valence-corrected chi connectivity index (χ2v) is 5.77. The fourth-order valence-corrected chi connectivity index (χ4v) is 2.11. The number of unbranched alkanes of at least 4 members (excludes halogenated alkanes) is 2. The molecule has 0 bridgehead atoms. The van der Waals surface area contributed by atoms with Gasteiger partial charge in [-0.2, -0.15) is 4.39 Å². The SMILES string of the molecule is O=C(O)CC[C@H](NC(=O)NCCCCCNC(=O)c1cc([18F])ncn1)C(=O)O. The highest BCUT2D eigenvalue weighted by Crippen LogP contribution is 1.99. The largest absolute Gasteiger partial charge is 0.481 e. The standard InChI is InChI=1S/C16H22FN5O6/c17-12-8-11(20-9-21-12)14(25)18-6-2-1-3-7-19-16(28)22-10(15(26)27)4-5-13(23)24/h8-10H,1-7H2,(H,18,25)(H,23,24)(H,26,27)(H2,19,22,28)/t10-/m0/s1/i17-1. The maximum atomic E-state index is 12.9. The molecule has 0 aliphatic heterocycles. The number of aromatic nitrogens is 2. The molecule has 154 valence electrons. The summed E-state index contributed by atoms with van der Waals surface area (Å²) in [5.41, 5.74) is -0.0679. The van der Waals surface area contributed by atoms with Gasteiger partial charge >= 0.3 is 18.0 Å². The van der Waals surface area contributed by atoms with Crippen molar-refractivity contribution < 1.29 is 33.8 Å². The molecule has 0 aromatic carbocycles. The molecule has 0 saturated heterocycles. The molecule has 3 amide bonds. The van der Waals surface area contributed by atoms with Crippen LogP contribution >= 0.6 is 0 Å². The van der Waals surface area contributed by atoms with Crippen LogP contribution < -0.4 is 16.0 Å². The maximum Gasteiger partial charge on any atom is 0.326 e. The van der Waals surface area contributed by atoms with E-state index in [1.807, 2.05) is 0 Å². The Labute approximate surface area is 159 Å². The summed E-state index contributed by atoms with van der Waals surface area (Å²) in [5.74, 6) is -3.77. The third kappa shape index (κ3) is 9.40. The fraction of sp³-hybridized carbons (Fsp3) is 0.500. The van der Waals surface area contributed by atoms with Crippen molar-refractivity contribution in [3.8, 4) is 0 Å². The van der Waals surface area contributed by atoms with E-state index in [0.717, 1.165) is 12.4 Å². The molecule has 0 aliphatic carbocycles. The molecule has 5 N–H and O–H groups in total. The van der Waals surface area contributed by atoms with Crippen LogP contribution in [0.5, 0.6) is 0 Å². The minimum atomic E-state index is -1.31. The van der Waals surface area contributed by atoms with E-state index in [2.05, 4.69) is 25.9 Å². The van der Waals surface area contributed by atoms with Crippen LogP contribution in [-0.2, 0) is 9.59 Å². The van der Waals surface area contributed by atoms with E-state index in [1.54, 1.807) is 0 Å². The molecule has 0 aliphatic rings. The van der Waals surface area contributed by atoms with Crippen LogP contribution in [0.25, 0.3) is 0 Å². The number of aliphatic carboxylic acids is 2. The number of hydrogen-bond acceptors (Lipinski definition) is 6. The Morgan fingerprint density at radius 1 is 1.04 bits per heavy atom. The average Bonchev–Trinajstić information content (AvgIpc) is 2.63. The van der Waals surface area contributed by atoms with Gasteiger partial charge in [-0.25, -0.2) is 19.6 Å². The number of nitrogens with zero attached hydrogens (tertiary/aromatic N) is 2. The van der Waals surface area contributed by atoms with Gasteiger partial charge in [0.15, 0.2) is 0 Å². The number of amides is 3. The van der Waals surface area contributed by atoms with E-state index in [4.69, 9.17) is 10.2 Å². The first-order valence-electron chi connectivity index (χ1n) is 8.54. The molecule has 1 aromatic rings. The summed E-state index contributed by atoms with van der Waals surface area (Å²) in [6.45, 7) is 0.620. The normalized spacial score (nSPS) is 11.3. The molecule has 1 heterocycles. The molecule has 11 nitrogen and oxygen atoms in total. The molecule has 1 aromatic heterocycles. The monoisotopic (exact) mass is 398 g/mol. The Hall–Kier alpha value is -3.31. The lowest BCUT2D eigenvalue weighted by molar-refractivity contribution is -0.140. The van der Waals surface area contributed by atoms with E-state index < -0.39 is 35.9 Å². The van der Waals surface area contributed by atoms with E-state index in [1.165, 1.54) is 0 Å². The van der Waals surface area contributed by atoms with Crippen molar-refractivity contribution >= 4 is 23.9 Å². The molecule has 0 radical (unpaired) electrons.